The molecular formula is C24H44N4O. The van der Waals surface area contributed by atoms with Crippen LogP contribution >= 0.6 is 0 Å². The predicted octanol–water partition coefficient (Wildman–Crippen LogP) is 5.10. The molecule has 1 aliphatic carbocycles. The first-order valence-electron chi connectivity index (χ1n) is 11.3. The number of aromatic nitrogens is 2. The molecule has 5 nitrogen and oxygen atoms in total. The van der Waals surface area contributed by atoms with E-state index in [1.807, 2.05) is 14.0 Å². The maximum Gasteiger partial charge on any atom is 0.269 e. The average molecular weight is 405 g/mol. The molecule has 0 aliphatic heterocycles. The SMILES string of the molecule is C=CNCC1CCCCC1.CCC(C)CNC(=O)c1c(C)c(C(C)(C)C)nn1C. The minimum Gasteiger partial charge on any atom is -0.391 e. The van der Waals surface area contributed by atoms with Crippen molar-refractivity contribution in [3.05, 3.63) is 29.7 Å². The number of nitrogens with one attached hydrogen (secondary N) is 2. The van der Waals surface area contributed by atoms with Crippen molar-refractivity contribution in [1.82, 2.24) is 20.4 Å². The molecule has 1 aliphatic rings. The van der Waals surface area contributed by atoms with Gasteiger partial charge < -0.3 is 10.6 Å². The molecule has 0 aromatic carbocycles. The molecule has 29 heavy (non-hydrogen) atoms. The Morgan fingerprint density at radius 3 is 2.41 bits per heavy atom. The van der Waals surface area contributed by atoms with Gasteiger partial charge in [0.15, 0.2) is 0 Å². The van der Waals surface area contributed by atoms with Crippen LogP contribution < -0.4 is 10.6 Å². The molecule has 1 aromatic rings. The standard InChI is InChI=1S/C15H27N3O.C9H17N/c1-8-10(2)9-16-14(19)12-11(3)13(15(4,5)6)17-18(12)7;1-2-10-8-9-6-4-3-5-7-9/h10H,8-9H2,1-7H3,(H,16,19);2,9-10H,1,3-8H2. The van der Waals surface area contributed by atoms with Gasteiger partial charge in [0.2, 0.25) is 0 Å². The molecule has 1 amide bonds. The van der Waals surface area contributed by atoms with Gasteiger partial charge in [0, 0.05) is 31.1 Å². The summed E-state index contributed by atoms with van der Waals surface area (Å²) in [5.74, 6) is 1.40. The van der Waals surface area contributed by atoms with Crippen LogP contribution in [0.5, 0.6) is 0 Å². The molecule has 0 spiro atoms. The summed E-state index contributed by atoms with van der Waals surface area (Å²) < 4.78 is 1.70. The molecule has 166 valence electrons. The number of carbonyl (C=O) groups excluding carboxylic acids is 1. The fourth-order valence-electron chi connectivity index (χ4n) is 3.80. The molecule has 1 heterocycles. The van der Waals surface area contributed by atoms with E-state index >= 15 is 0 Å². The third-order valence-corrected chi connectivity index (χ3v) is 5.79. The molecular weight excluding hydrogens is 360 g/mol. The zero-order valence-corrected chi connectivity index (χ0v) is 19.9. The van der Waals surface area contributed by atoms with Crippen molar-refractivity contribution >= 4 is 5.91 Å². The fraction of sp³-hybridized carbons (Fsp3) is 0.750. The Labute approximate surface area is 178 Å². The van der Waals surface area contributed by atoms with Gasteiger partial charge in [-0.05, 0) is 37.8 Å². The lowest BCUT2D eigenvalue weighted by atomic mass is 9.89. The molecule has 1 unspecified atom stereocenters. The Morgan fingerprint density at radius 1 is 1.31 bits per heavy atom. The van der Waals surface area contributed by atoms with E-state index in [4.69, 9.17) is 0 Å². The third-order valence-electron chi connectivity index (χ3n) is 5.79. The van der Waals surface area contributed by atoms with Crippen molar-refractivity contribution < 1.29 is 4.79 Å². The first-order chi connectivity index (χ1) is 13.6. The van der Waals surface area contributed by atoms with Gasteiger partial charge in [-0.2, -0.15) is 5.10 Å². The Balaban J connectivity index is 0.000000352. The second kappa shape index (κ2) is 12.0. The quantitative estimate of drug-likeness (QED) is 0.664. The van der Waals surface area contributed by atoms with Crippen molar-refractivity contribution in [3.63, 3.8) is 0 Å². The maximum absolute atomic E-state index is 12.3. The van der Waals surface area contributed by atoms with E-state index in [-0.39, 0.29) is 11.3 Å². The topological polar surface area (TPSA) is 58.9 Å². The highest BCUT2D eigenvalue weighted by molar-refractivity contribution is 5.94. The fourth-order valence-corrected chi connectivity index (χ4v) is 3.80. The van der Waals surface area contributed by atoms with Gasteiger partial charge in [0.25, 0.3) is 5.91 Å². The Hall–Kier alpha value is -1.78. The number of carbonyl (C=O) groups is 1. The van der Waals surface area contributed by atoms with Gasteiger partial charge in [-0.15, -0.1) is 0 Å². The van der Waals surface area contributed by atoms with Gasteiger partial charge in [-0.25, -0.2) is 0 Å². The molecule has 0 saturated heterocycles. The number of hydrogen-bond donors (Lipinski definition) is 2. The minimum atomic E-state index is -0.0446. The van der Waals surface area contributed by atoms with E-state index in [0.29, 0.717) is 18.2 Å². The van der Waals surface area contributed by atoms with Gasteiger partial charge in [0.05, 0.1) is 5.69 Å². The van der Waals surface area contributed by atoms with Crippen molar-refractivity contribution in [3.8, 4) is 0 Å². The highest BCUT2D eigenvalue weighted by Gasteiger charge is 2.26. The monoisotopic (exact) mass is 404 g/mol. The summed E-state index contributed by atoms with van der Waals surface area (Å²) in [6.07, 6.45) is 10.0. The third kappa shape index (κ3) is 8.23. The molecule has 1 atom stereocenters. The van der Waals surface area contributed by atoms with Crippen LogP contribution in [0.3, 0.4) is 0 Å². The van der Waals surface area contributed by atoms with Crippen LogP contribution in [-0.2, 0) is 12.5 Å². The van der Waals surface area contributed by atoms with E-state index in [0.717, 1.165) is 30.1 Å². The lowest BCUT2D eigenvalue weighted by Gasteiger charge is -2.20. The minimum absolute atomic E-state index is 0.0247. The van der Waals surface area contributed by atoms with E-state index < -0.39 is 0 Å². The number of aryl methyl sites for hydroxylation is 1. The number of hydrogen-bond acceptors (Lipinski definition) is 3. The van der Waals surface area contributed by atoms with Gasteiger partial charge in [-0.3, -0.25) is 9.48 Å². The average Bonchev–Trinajstić information content (AvgIpc) is 3.00. The smallest absolute Gasteiger partial charge is 0.269 e. The number of rotatable bonds is 7. The highest BCUT2D eigenvalue weighted by atomic mass is 16.2. The summed E-state index contributed by atoms with van der Waals surface area (Å²) in [5, 5.41) is 10.7. The maximum atomic E-state index is 12.3. The van der Waals surface area contributed by atoms with Gasteiger partial charge in [0.1, 0.15) is 5.69 Å². The van der Waals surface area contributed by atoms with Crippen LogP contribution in [-0.4, -0.2) is 28.8 Å². The normalized spacial score (nSPS) is 15.8. The van der Waals surface area contributed by atoms with Crippen molar-refractivity contribution in [2.24, 2.45) is 18.9 Å². The zero-order valence-electron chi connectivity index (χ0n) is 19.9. The second-order valence-electron chi connectivity index (χ2n) is 9.54. The molecule has 2 rings (SSSR count). The van der Waals surface area contributed by atoms with E-state index in [9.17, 15) is 4.79 Å². The van der Waals surface area contributed by atoms with Gasteiger partial charge >= 0.3 is 0 Å². The van der Waals surface area contributed by atoms with Crippen molar-refractivity contribution in [2.75, 3.05) is 13.1 Å². The number of nitrogens with zero attached hydrogens (tertiary/aromatic N) is 2. The predicted molar refractivity (Wildman–Crippen MR) is 123 cm³/mol. The molecule has 1 fully saturated rings. The van der Waals surface area contributed by atoms with Crippen LogP contribution in [0.15, 0.2) is 12.8 Å². The lowest BCUT2D eigenvalue weighted by Crippen LogP contribution is -2.30. The van der Waals surface area contributed by atoms with Crippen molar-refractivity contribution in [2.45, 2.75) is 85.5 Å². The largest absolute Gasteiger partial charge is 0.391 e. The first kappa shape index (κ1) is 25.3. The molecule has 1 aromatic heterocycles. The van der Waals surface area contributed by atoms with Crippen LogP contribution in [0.4, 0.5) is 0 Å². The van der Waals surface area contributed by atoms with Crippen LogP contribution in [0.1, 0.15) is 94.9 Å². The van der Waals surface area contributed by atoms with E-state index in [1.165, 1.54) is 32.1 Å². The van der Waals surface area contributed by atoms with E-state index in [1.54, 1.807) is 10.9 Å². The van der Waals surface area contributed by atoms with Crippen LogP contribution in [0, 0.1) is 18.8 Å². The van der Waals surface area contributed by atoms with Crippen LogP contribution in [0.25, 0.3) is 0 Å². The van der Waals surface area contributed by atoms with Gasteiger partial charge in [-0.1, -0.05) is 66.9 Å². The highest BCUT2D eigenvalue weighted by Crippen LogP contribution is 2.26. The molecule has 0 bridgehead atoms. The summed E-state index contributed by atoms with van der Waals surface area (Å²) in [4.78, 5) is 12.3. The van der Waals surface area contributed by atoms with Crippen LogP contribution in [0.2, 0.25) is 0 Å². The summed E-state index contributed by atoms with van der Waals surface area (Å²) >= 11 is 0. The first-order valence-corrected chi connectivity index (χ1v) is 11.3. The molecule has 2 N–H and O–H groups in total. The Morgan fingerprint density at radius 2 is 1.93 bits per heavy atom. The number of amides is 1. The zero-order chi connectivity index (χ0) is 22.0. The van der Waals surface area contributed by atoms with E-state index in [2.05, 4.69) is 56.9 Å². The second-order valence-corrected chi connectivity index (χ2v) is 9.54. The van der Waals surface area contributed by atoms with Crippen molar-refractivity contribution in [1.29, 1.82) is 0 Å². The molecule has 1 saturated carbocycles. The Bertz CT molecular complexity index is 636. The summed E-state index contributed by atoms with van der Waals surface area (Å²) in [6, 6.07) is 0. The summed E-state index contributed by atoms with van der Waals surface area (Å²) in [5.41, 5.74) is 2.60. The summed E-state index contributed by atoms with van der Waals surface area (Å²) in [7, 11) is 1.83. The molecule has 0 radical (unpaired) electrons. The molecule has 5 heteroatoms. The Kier molecular flexibility index (Phi) is 10.5. The lowest BCUT2D eigenvalue weighted by molar-refractivity contribution is 0.0937. The summed E-state index contributed by atoms with van der Waals surface area (Å²) in [6.45, 7) is 18.1.